The lowest BCUT2D eigenvalue weighted by Crippen LogP contribution is -2.38. The Labute approximate surface area is 174 Å². The maximum absolute atomic E-state index is 12.7. The molecule has 0 aliphatic rings. The third kappa shape index (κ3) is 4.70. The maximum Gasteiger partial charge on any atom is 0.315 e. The fourth-order valence-electron chi connectivity index (χ4n) is 3.25. The number of thiophene rings is 1. The molecular formula is C24H21N3OS. The van der Waals surface area contributed by atoms with Gasteiger partial charge in [0.25, 0.3) is 0 Å². The van der Waals surface area contributed by atoms with Gasteiger partial charge in [-0.15, -0.1) is 0 Å². The molecule has 144 valence electrons. The molecule has 0 saturated heterocycles. The Balaban J connectivity index is 1.49. The minimum absolute atomic E-state index is 0.220. The van der Waals surface area contributed by atoms with E-state index in [1.165, 1.54) is 0 Å². The average molecular weight is 400 g/mol. The van der Waals surface area contributed by atoms with Gasteiger partial charge in [-0.25, -0.2) is 4.79 Å². The summed E-state index contributed by atoms with van der Waals surface area (Å²) in [4.78, 5) is 17.2. The van der Waals surface area contributed by atoms with E-state index in [0.717, 1.165) is 27.9 Å². The molecule has 0 bridgehead atoms. The number of carbonyl (C=O) groups excluding carboxylic acids is 1. The second kappa shape index (κ2) is 9.17. The van der Waals surface area contributed by atoms with Gasteiger partial charge in [0.2, 0.25) is 0 Å². The van der Waals surface area contributed by atoms with Gasteiger partial charge < -0.3 is 10.6 Å². The van der Waals surface area contributed by atoms with E-state index in [4.69, 9.17) is 0 Å². The van der Waals surface area contributed by atoms with Crippen LogP contribution < -0.4 is 10.6 Å². The lowest BCUT2D eigenvalue weighted by molar-refractivity contribution is 0.238. The van der Waals surface area contributed by atoms with E-state index in [0.29, 0.717) is 6.54 Å². The van der Waals surface area contributed by atoms with Crippen LogP contribution in [0.5, 0.6) is 0 Å². The summed E-state index contributed by atoms with van der Waals surface area (Å²) in [7, 11) is 0. The zero-order chi connectivity index (χ0) is 19.9. The highest BCUT2D eigenvalue weighted by molar-refractivity contribution is 7.08. The minimum Gasteiger partial charge on any atom is -0.334 e. The summed E-state index contributed by atoms with van der Waals surface area (Å²) >= 11 is 1.63. The van der Waals surface area contributed by atoms with E-state index in [-0.39, 0.29) is 12.1 Å². The maximum atomic E-state index is 12.7. The summed E-state index contributed by atoms with van der Waals surface area (Å²) in [6.07, 6.45) is 1.78. The summed E-state index contributed by atoms with van der Waals surface area (Å²) in [6.45, 7) is 0.404. The van der Waals surface area contributed by atoms with Crippen molar-refractivity contribution in [1.29, 1.82) is 0 Å². The molecule has 0 aliphatic carbocycles. The van der Waals surface area contributed by atoms with Gasteiger partial charge in [0, 0.05) is 23.7 Å². The first-order valence-electron chi connectivity index (χ1n) is 9.42. The van der Waals surface area contributed by atoms with Gasteiger partial charge in [0.15, 0.2) is 0 Å². The number of amides is 2. The molecule has 4 nitrogen and oxygen atoms in total. The third-order valence-corrected chi connectivity index (χ3v) is 5.35. The van der Waals surface area contributed by atoms with Gasteiger partial charge in [-0.1, -0.05) is 66.7 Å². The zero-order valence-electron chi connectivity index (χ0n) is 15.8. The number of carbonyl (C=O) groups is 1. The van der Waals surface area contributed by atoms with Crippen molar-refractivity contribution in [2.45, 2.75) is 12.6 Å². The van der Waals surface area contributed by atoms with Gasteiger partial charge >= 0.3 is 6.03 Å². The molecule has 2 aromatic heterocycles. The van der Waals surface area contributed by atoms with Crippen LogP contribution in [0, 0.1) is 0 Å². The van der Waals surface area contributed by atoms with Gasteiger partial charge in [-0.2, -0.15) is 11.3 Å². The molecule has 2 amide bonds. The summed E-state index contributed by atoms with van der Waals surface area (Å²) in [5.41, 5.74) is 5.02. The van der Waals surface area contributed by atoms with Crippen LogP contribution in [0.25, 0.3) is 11.3 Å². The quantitative estimate of drug-likeness (QED) is 0.456. The SMILES string of the molecule is O=C(NCc1cccnc1-c1ccsc1)NC(c1ccccc1)c1ccccc1. The number of aromatic nitrogens is 1. The molecule has 5 heteroatoms. The highest BCUT2D eigenvalue weighted by Gasteiger charge is 2.17. The number of pyridine rings is 1. The summed E-state index contributed by atoms with van der Waals surface area (Å²) in [5, 5.41) is 10.2. The molecule has 0 fully saturated rings. The van der Waals surface area contributed by atoms with Crippen LogP contribution in [0.2, 0.25) is 0 Å². The van der Waals surface area contributed by atoms with Crippen molar-refractivity contribution in [2.24, 2.45) is 0 Å². The van der Waals surface area contributed by atoms with Crippen molar-refractivity contribution in [3.63, 3.8) is 0 Å². The molecule has 2 N–H and O–H groups in total. The van der Waals surface area contributed by atoms with Crippen molar-refractivity contribution in [3.05, 3.63) is 113 Å². The largest absolute Gasteiger partial charge is 0.334 e. The molecular weight excluding hydrogens is 378 g/mol. The third-order valence-electron chi connectivity index (χ3n) is 4.67. The minimum atomic E-state index is -0.220. The van der Waals surface area contributed by atoms with Crippen molar-refractivity contribution in [1.82, 2.24) is 15.6 Å². The second-order valence-corrected chi connectivity index (χ2v) is 7.38. The Morgan fingerprint density at radius 2 is 1.59 bits per heavy atom. The lowest BCUT2D eigenvalue weighted by atomic mass is 9.99. The van der Waals surface area contributed by atoms with Crippen LogP contribution in [0.4, 0.5) is 4.79 Å². The lowest BCUT2D eigenvalue weighted by Gasteiger charge is -2.20. The van der Waals surface area contributed by atoms with Crippen LogP contribution >= 0.6 is 11.3 Å². The van der Waals surface area contributed by atoms with E-state index < -0.39 is 0 Å². The van der Waals surface area contributed by atoms with Gasteiger partial charge in [0.05, 0.1) is 11.7 Å². The van der Waals surface area contributed by atoms with E-state index in [2.05, 4.69) is 21.0 Å². The Morgan fingerprint density at radius 3 is 2.21 bits per heavy atom. The van der Waals surface area contributed by atoms with Crippen molar-refractivity contribution < 1.29 is 4.79 Å². The van der Waals surface area contributed by atoms with Crippen LogP contribution in [0.1, 0.15) is 22.7 Å². The number of urea groups is 1. The number of hydrogen-bond donors (Lipinski definition) is 2. The van der Waals surface area contributed by atoms with Crippen LogP contribution in [0.15, 0.2) is 95.8 Å². The molecule has 29 heavy (non-hydrogen) atoms. The van der Waals surface area contributed by atoms with Crippen LogP contribution in [-0.2, 0) is 6.54 Å². The highest BCUT2D eigenvalue weighted by atomic mass is 32.1. The first-order valence-corrected chi connectivity index (χ1v) is 10.4. The molecule has 2 aromatic carbocycles. The molecule has 0 saturated carbocycles. The molecule has 0 aliphatic heterocycles. The summed E-state index contributed by atoms with van der Waals surface area (Å²) in [6, 6.07) is 25.4. The van der Waals surface area contributed by atoms with Crippen LogP contribution in [0.3, 0.4) is 0 Å². The van der Waals surface area contributed by atoms with E-state index in [1.54, 1.807) is 17.5 Å². The zero-order valence-corrected chi connectivity index (χ0v) is 16.6. The topological polar surface area (TPSA) is 54.0 Å². The molecule has 2 heterocycles. The molecule has 4 aromatic rings. The number of nitrogens with zero attached hydrogens (tertiary/aromatic N) is 1. The smallest absolute Gasteiger partial charge is 0.315 e. The first kappa shape index (κ1) is 18.9. The van der Waals surface area contributed by atoms with Crippen molar-refractivity contribution in [3.8, 4) is 11.3 Å². The molecule has 0 unspecified atom stereocenters. The highest BCUT2D eigenvalue weighted by Crippen LogP contribution is 2.24. The van der Waals surface area contributed by atoms with Gasteiger partial charge in [-0.3, -0.25) is 4.98 Å². The van der Waals surface area contributed by atoms with E-state index >= 15 is 0 Å². The Morgan fingerprint density at radius 1 is 0.897 bits per heavy atom. The van der Waals surface area contributed by atoms with E-state index in [9.17, 15) is 4.79 Å². The predicted octanol–water partition coefficient (Wildman–Crippen LogP) is 5.40. The molecule has 0 radical (unpaired) electrons. The molecule has 0 spiro atoms. The van der Waals surface area contributed by atoms with E-state index in [1.807, 2.05) is 84.2 Å². The normalized spacial score (nSPS) is 10.7. The Hall–Kier alpha value is -3.44. The standard InChI is InChI=1S/C24H21N3OS/c28-24(26-16-20-12-7-14-25-22(20)21-13-15-29-17-21)27-23(18-8-3-1-4-9-18)19-10-5-2-6-11-19/h1-15,17,23H,16H2,(H2,26,27,28). The number of benzene rings is 2. The number of rotatable bonds is 6. The van der Waals surface area contributed by atoms with Gasteiger partial charge in [0.1, 0.15) is 0 Å². The fourth-order valence-corrected chi connectivity index (χ4v) is 3.89. The summed E-state index contributed by atoms with van der Waals surface area (Å²) < 4.78 is 0. The molecule has 0 atom stereocenters. The Kier molecular flexibility index (Phi) is 5.98. The van der Waals surface area contributed by atoms with Gasteiger partial charge in [-0.05, 0) is 34.2 Å². The number of nitrogens with one attached hydrogen (secondary N) is 2. The number of hydrogen-bond acceptors (Lipinski definition) is 3. The Bertz CT molecular complexity index is 1010. The second-order valence-electron chi connectivity index (χ2n) is 6.60. The predicted molar refractivity (Wildman–Crippen MR) is 118 cm³/mol. The first-order chi connectivity index (χ1) is 14.3. The molecule has 4 rings (SSSR count). The average Bonchev–Trinajstić information content (AvgIpc) is 3.32. The van der Waals surface area contributed by atoms with Crippen molar-refractivity contribution in [2.75, 3.05) is 0 Å². The van der Waals surface area contributed by atoms with Crippen LogP contribution in [-0.4, -0.2) is 11.0 Å². The monoisotopic (exact) mass is 399 g/mol. The summed E-state index contributed by atoms with van der Waals surface area (Å²) in [5.74, 6) is 0. The fraction of sp³-hybridized carbons (Fsp3) is 0.0833. The van der Waals surface area contributed by atoms with Crippen molar-refractivity contribution >= 4 is 17.4 Å².